The molecule has 1 aromatic carbocycles. The zero-order valence-electron chi connectivity index (χ0n) is 12.0. The van der Waals surface area contributed by atoms with Crippen LogP contribution >= 0.6 is 11.3 Å². The van der Waals surface area contributed by atoms with Gasteiger partial charge in [0.15, 0.2) is 0 Å². The number of para-hydroxylation sites is 1. The lowest BCUT2D eigenvalue weighted by Crippen LogP contribution is -2.51. The van der Waals surface area contributed by atoms with E-state index in [1.807, 2.05) is 17.5 Å². The Morgan fingerprint density at radius 1 is 1.17 bits per heavy atom. The Morgan fingerprint density at radius 3 is 2.70 bits per heavy atom. The van der Waals surface area contributed by atoms with Crippen molar-refractivity contribution in [3.63, 3.8) is 0 Å². The number of nitrogens with zero attached hydrogens (tertiary/aromatic N) is 1. The van der Waals surface area contributed by atoms with E-state index in [1.165, 1.54) is 11.3 Å². The summed E-state index contributed by atoms with van der Waals surface area (Å²) >= 11 is 1.38. The average Bonchev–Trinajstić information content (AvgIpc) is 3.17. The van der Waals surface area contributed by atoms with Crippen LogP contribution < -0.4 is 15.5 Å². The maximum Gasteiger partial charge on any atom is 0.322 e. The number of hydrogen-bond acceptors (Lipinski definition) is 4. The Labute approximate surface area is 136 Å². The summed E-state index contributed by atoms with van der Waals surface area (Å²) in [4.78, 5) is 39.0. The molecule has 1 aromatic heterocycles. The number of carbonyl (C=O) groups excluding carboxylic acids is 3. The van der Waals surface area contributed by atoms with Gasteiger partial charge in [-0.25, -0.2) is 4.79 Å². The van der Waals surface area contributed by atoms with Gasteiger partial charge in [-0.3, -0.25) is 14.9 Å². The molecule has 0 radical (unpaired) electrons. The summed E-state index contributed by atoms with van der Waals surface area (Å²) in [5, 5.41) is 6.89. The minimum atomic E-state index is -1.08. The van der Waals surface area contributed by atoms with Gasteiger partial charge in [0, 0.05) is 18.5 Å². The highest BCUT2D eigenvalue weighted by molar-refractivity contribution is 7.12. The Kier molecular flexibility index (Phi) is 2.99. The Bertz CT molecular complexity index is 818. The molecule has 2 aromatic rings. The SMILES string of the molecule is O=C1NC(=O)C2(CCN(C(=O)c3cccs3)c3ccccc32)N1. The first-order valence-electron chi connectivity index (χ1n) is 7.20. The van der Waals surface area contributed by atoms with Crippen LogP contribution in [0, 0.1) is 0 Å². The topological polar surface area (TPSA) is 78.5 Å². The van der Waals surface area contributed by atoms with Crippen molar-refractivity contribution in [3.8, 4) is 0 Å². The van der Waals surface area contributed by atoms with E-state index in [0.29, 0.717) is 29.1 Å². The van der Waals surface area contributed by atoms with Crippen LogP contribution in [0.1, 0.15) is 21.7 Å². The van der Waals surface area contributed by atoms with Crippen LogP contribution in [0.15, 0.2) is 41.8 Å². The van der Waals surface area contributed by atoms with Crippen molar-refractivity contribution in [2.24, 2.45) is 0 Å². The van der Waals surface area contributed by atoms with Gasteiger partial charge in [-0.2, -0.15) is 0 Å². The molecule has 0 saturated carbocycles. The second-order valence-electron chi connectivity index (χ2n) is 5.51. The highest BCUT2D eigenvalue weighted by Gasteiger charge is 2.51. The molecule has 1 fully saturated rings. The second-order valence-corrected chi connectivity index (χ2v) is 6.46. The number of hydrogen-bond donors (Lipinski definition) is 2. The van der Waals surface area contributed by atoms with Crippen LogP contribution in [0.4, 0.5) is 10.5 Å². The number of carbonyl (C=O) groups is 3. The molecular formula is C16H13N3O3S. The summed E-state index contributed by atoms with van der Waals surface area (Å²) in [6.07, 6.45) is 0.346. The highest BCUT2D eigenvalue weighted by atomic mass is 32.1. The second kappa shape index (κ2) is 4.92. The van der Waals surface area contributed by atoms with Crippen LogP contribution in [-0.2, 0) is 10.3 Å². The fourth-order valence-corrected chi connectivity index (χ4v) is 3.88. The summed E-state index contributed by atoms with van der Waals surface area (Å²) in [7, 11) is 0. The monoisotopic (exact) mass is 327 g/mol. The molecule has 1 saturated heterocycles. The quantitative estimate of drug-likeness (QED) is 0.785. The third-order valence-electron chi connectivity index (χ3n) is 4.28. The lowest BCUT2D eigenvalue weighted by Gasteiger charge is -2.38. The smallest absolute Gasteiger partial charge is 0.319 e. The third-order valence-corrected chi connectivity index (χ3v) is 5.14. The first-order valence-corrected chi connectivity index (χ1v) is 8.08. The normalized spacial score (nSPS) is 22.7. The molecule has 2 aliphatic rings. The van der Waals surface area contributed by atoms with Gasteiger partial charge in [0.25, 0.3) is 11.8 Å². The van der Waals surface area contributed by atoms with Crippen molar-refractivity contribution in [1.29, 1.82) is 0 Å². The molecule has 0 bridgehead atoms. The minimum absolute atomic E-state index is 0.0907. The van der Waals surface area contributed by atoms with E-state index in [0.717, 1.165) is 0 Å². The van der Waals surface area contributed by atoms with Gasteiger partial charge in [-0.05, 0) is 17.5 Å². The van der Waals surface area contributed by atoms with E-state index in [2.05, 4.69) is 10.6 Å². The Morgan fingerprint density at radius 2 is 2.00 bits per heavy atom. The third kappa shape index (κ3) is 1.97. The Balaban J connectivity index is 1.81. The van der Waals surface area contributed by atoms with Crippen LogP contribution in [0.2, 0.25) is 0 Å². The predicted molar refractivity (Wildman–Crippen MR) is 85.4 cm³/mol. The Hall–Kier alpha value is -2.67. The van der Waals surface area contributed by atoms with Gasteiger partial charge in [-0.1, -0.05) is 24.3 Å². The molecular weight excluding hydrogens is 314 g/mol. The van der Waals surface area contributed by atoms with E-state index in [-0.39, 0.29) is 11.8 Å². The van der Waals surface area contributed by atoms with Crippen molar-refractivity contribution < 1.29 is 14.4 Å². The van der Waals surface area contributed by atoms with E-state index in [9.17, 15) is 14.4 Å². The number of urea groups is 1. The summed E-state index contributed by atoms with van der Waals surface area (Å²) in [5.41, 5.74) is 0.230. The van der Waals surface area contributed by atoms with E-state index >= 15 is 0 Å². The van der Waals surface area contributed by atoms with Crippen molar-refractivity contribution in [2.75, 3.05) is 11.4 Å². The van der Waals surface area contributed by atoms with Gasteiger partial charge in [0.05, 0.1) is 10.6 Å². The average molecular weight is 327 g/mol. The summed E-state index contributed by atoms with van der Waals surface area (Å²) in [6.45, 7) is 0.363. The first kappa shape index (κ1) is 14.0. The lowest BCUT2D eigenvalue weighted by atomic mass is 9.82. The maximum atomic E-state index is 12.7. The molecule has 3 heterocycles. The summed E-state index contributed by atoms with van der Waals surface area (Å²) in [5.74, 6) is -0.454. The van der Waals surface area contributed by atoms with Gasteiger partial charge in [0.1, 0.15) is 5.54 Å². The van der Waals surface area contributed by atoms with Gasteiger partial charge < -0.3 is 10.2 Å². The molecule has 7 heteroatoms. The zero-order valence-corrected chi connectivity index (χ0v) is 12.9. The van der Waals surface area contributed by atoms with Crippen LogP contribution in [0.3, 0.4) is 0 Å². The summed E-state index contributed by atoms with van der Waals surface area (Å²) in [6, 6.07) is 10.3. The van der Waals surface area contributed by atoms with Gasteiger partial charge in [0.2, 0.25) is 0 Å². The molecule has 2 aliphatic heterocycles. The van der Waals surface area contributed by atoms with Crippen molar-refractivity contribution >= 4 is 34.9 Å². The maximum absolute atomic E-state index is 12.7. The number of anilines is 1. The van der Waals surface area contributed by atoms with Crippen LogP contribution in [0.5, 0.6) is 0 Å². The molecule has 2 N–H and O–H groups in total. The number of amides is 4. The van der Waals surface area contributed by atoms with E-state index in [1.54, 1.807) is 29.2 Å². The number of benzene rings is 1. The molecule has 6 nitrogen and oxygen atoms in total. The molecule has 23 heavy (non-hydrogen) atoms. The number of thiophene rings is 1. The standard InChI is InChI=1S/C16H13N3O3S/c20-13(12-6-3-9-23-12)19-8-7-16(14(21)17-15(22)18-16)10-4-1-2-5-11(10)19/h1-6,9H,7-8H2,(H2,17,18,21,22). The van der Waals surface area contributed by atoms with Crippen molar-refractivity contribution in [3.05, 3.63) is 52.2 Å². The zero-order chi connectivity index (χ0) is 16.0. The number of rotatable bonds is 1. The molecule has 1 spiro atoms. The minimum Gasteiger partial charge on any atom is -0.319 e. The number of nitrogens with one attached hydrogen (secondary N) is 2. The van der Waals surface area contributed by atoms with Gasteiger partial charge in [-0.15, -0.1) is 11.3 Å². The van der Waals surface area contributed by atoms with Crippen molar-refractivity contribution in [2.45, 2.75) is 12.0 Å². The molecule has 1 atom stereocenters. The molecule has 116 valence electrons. The van der Waals surface area contributed by atoms with Crippen LogP contribution in [0.25, 0.3) is 0 Å². The lowest BCUT2D eigenvalue weighted by molar-refractivity contribution is -0.124. The van der Waals surface area contributed by atoms with Crippen LogP contribution in [-0.4, -0.2) is 24.4 Å². The van der Waals surface area contributed by atoms with Gasteiger partial charge >= 0.3 is 6.03 Å². The molecule has 0 aliphatic carbocycles. The molecule has 1 unspecified atom stereocenters. The highest BCUT2D eigenvalue weighted by Crippen LogP contribution is 2.40. The molecule has 4 rings (SSSR count). The number of fused-ring (bicyclic) bond motifs is 2. The fraction of sp³-hybridized carbons (Fsp3) is 0.188. The molecule has 4 amide bonds. The van der Waals surface area contributed by atoms with E-state index < -0.39 is 11.6 Å². The summed E-state index contributed by atoms with van der Waals surface area (Å²) < 4.78 is 0. The number of imide groups is 1. The predicted octanol–water partition coefficient (Wildman–Crippen LogP) is 1.83. The largest absolute Gasteiger partial charge is 0.322 e. The van der Waals surface area contributed by atoms with E-state index in [4.69, 9.17) is 0 Å². The first-order chi connectivity index (χ1) is 11.1. The fourth-order valence-electron chi connectivity index (χ4n) is 3.21. The van der Waals surface area contributed by atoms with Crippen molar-refractivity contribution in [1.82, 2.24) is 10.6 Å².